The lowest BCUT2D eigenvalue weighted by molar-refractivity contribution is -0.146. The number of ether oxygens (including phenoxy) is 2. The fraction of sp³-hybridized carbons (Fsp3) is 0.143. The average Bonchev–Trinajstić information content (AvgIpc) is 2.70. The summed E-state index contributed by atoms with van der Waals surface area (Å²) >= 11 is 0. The second-order valence-corrected chi connectivity index (χ2v) is 5.55. The Morgan fingerprint density at radius 2 is 1.79 bits per heavy atom. The van der Waals surface area contributed by atoms with Crippen molar-refractivity contribution in [1.82, 2.24) is 0 Å². The number of rotatable bonds is 8. The Hall–Kier alpha value is -3.79. The van der Waals surface area contributed by atoms with Crippen LogP contribution in [0.5, 0.6) is 0 Å². The molecule has 0 saturated heterocycles. The van der Waals surface area contributed by atoms with Gasteiger partial charge in [0.2, 0.25) is 0 Å². The van der Waals surface area contributed by atoms with Crippen molar-refractivity contribution in [2.45, 2.75) is 6.42 Å². The van der Waals surface area contributed by atoms with Gasteiger partial charge in [-0.15, -0.1) is 0 Å². The number of carbonyl (C=O) groups is 3. The largest absolute Gasteiger partial charge is 0.462 e. The topological polar surface area (TPSA) is 93.5 Å². The number of allylic oxidation sites excluding steroid dienone is 1. The molecule has 6 nitrogen and oxygen atoms in total. The zero-order valence-corrected chi connectivity index (χ0v) is 14.8. The minimum Gasteiger partial charge on any atom is -0.462 e. The number of nitrogens with zero attached hydrogens (tertiary/aromatic N) is 1. The van der Waals surface area contributed by atoms with E-state index in [1.54, 1.807) is 18.2 Å². The monoisotopic (exact) mass is 381 g/mol. The van der Waals surface area contributed by atoms with Gasteiger partial charge in [0.1, 0.15) is 25.5 Å². The first-order valence-corrected chi connectivity index (χ1v) is 8.28. The van der Waals surface area contributed by atoms with Gasteiger partial charge in [0.15, 0.2) is 5.78 Å². The van der Waals surface area contributed by atoms with E-state index < -0.39 is 30.0 Å². The summed E-state index contributed by atoms with van der Waals surface area (Å²) in [6.07, 6.45) is 1.87. The molecule has 0 radical (unpaired) electrons. The summed E-state index contributed by atoms with van der Waals surface area (Å²) in [7, 11) is 0. The van der Waals surface area contributed by atoms with E-state index in [0.717, 1.165) is 6.08 Å². The lowest BCUT2D eigenvalue weighted by atomic mass is 10.1. The van der Waals surface area contributed by atoms with Crippen LogP contribution in [0, 0.1) is 17.1 Å². The van der Waals surface area contributed by atoms with E-state index in [-0.39, 0.29) is 24.3 Å². The molecule has 0 heterocycles. The number of nitriles is 1. The number of hydrogen-bond acceptors (Lipinski definition) is 6. The Kier molecular flexibility index (Phi) is 7.61. The van der Waals surface area contributed by atoms with Gasteiger partial charge in [0.05, 0.1) is 17.2 Å². The maximum atomic E-state index is 13.4. The van der Waals surface area contributed by atoms with Gasteiger partial charge >= 0.3 is 11.9 Å². The summed E-state index contributed by atoms with van der Waals surface area (Å²) in [5.41, 5.74) is 0.762. The first-order chi connectivity index (χ1) is 13.5. The highest BCUT2D eigenvalue weighted by Crippen LogP contribution is 2.09. The van der Waals surface area contributed by atoms with Crippen LogP contribution < -0.4 is 0 Å². The van der Waals surface area contributed by atoms with E-state index in [1.807, 2.05) is 6.07 Å². The highest BCUT2D eigenvalue weighted by Gasteiger charge is 2.11. The van der Waals surface area contributed by atoms with Crippen molar-refractivity contribution in [2.75, 3.05) is 13.2 Å². The van der Waals surface area contributed by atoms with Crippen molar-refractivity contribution in [3.05, 3.63) is 77.1 Å². The van der Waals surface area contributed by atoms with Crippen molar-refractivity contribution >= 4 is 23.8 Å². The molecule has 0 aliphatic rings. The van der Waals surface area contributed by atoms with Gasteiger partial charge in [-0.05, 0) is 36.4 Å². The fourth-order valence-electron chi connectivity index (χ4n) is 2.13. The third-order valence-corrected chi connectivity index (χ3v) is 3.48. The van der Waals surface area contributed by atoms with Gasteiger partial charge in [0, 0.05) is 5.56 Å². The van der Waals surface area contributed by atoms with E-state index >= 15 is 0 Å². The van der Waals surface area contributed by atoms with Crippen molar-refractivity contribution in [1.29, 1.82) is 5.26 Å². The molecule has 0 bridgehead atoms. The molecular weight excluding hydrogens is 365 g/mol. The first-order valence-electron chi connectivity index (χ1n) is 8.28. The van der Waals surface area contributed by atoms with Gasteiger partial charge in [-0.1, -0.05) is 24.3 Å². The van der Waals surface area contributed by atoms with Crippen LogP contribution in [-0.2, 0) is 19.1 Å². The molecule has 0 aliphatic heterocycles. The average molecular weight is 381 g/mol. The van der Waals surface area contributed by atoms with Crippen LogP contribution in [0.15, 0.2) is 54.6 Å². The number of benzene rings is 2. The lowest BCUT2D eigenvalue weighted by Crippen LogP contribution is -2.15. The molecule has 0 atom stereocenters. The van der Waals surface area contributed by atoms with E-state index in [0.29, 0.717) is 5.56 Å². The maximum Gasteiger partial charge on any atom is 0.338 e. The smallest absolute Gasteiger partial charge is 0.338 e. The fourth-order valence-corrected chi connectivity index (χ4v) is 2.13. The molecule has 0 N–H and O–H groups in total. The molecule has 2 aromatic rings. The van der Waals surface area contributed by atoms with Gasteiger partial charge in [-0.3, -0.25) is 9.59 Å². The molecule has 0 aromatic heterocycles. The zero-order valence-electron chi connectivity index (χ0n) is 14.8. The third kappa shape index (κ3) is 6.50. The van der Waals surface area contributed by atoms with Crippen LogP contribution in [0.1, 0.15) is 27.9 Å². The Labute approximate surface area is 160 Å². The Balaban J connectivity index is 1.71. The predicted octanol–water partition coefficient (Wildman–Crippen LogP) is 3.07. The van der Waals surface area contributed by atoms with E-state index in [1.165, 1.54) is 36.4 Å². The molecule has 28 heavy (non-hydrogen) atoms. The molecule has 0 amide bonds. The molecule has 0 spiro atoms. The molecule has 2 rings (SSSR count). The molecule has 142 valence electrons. The van der Waals surface area contributed by atoms with Crippen LogP contribution >= 0.6 is 0 Å². The van der Waals surface area contributed by atoms with Gasteiger partial charge in [0.25, 0.3) is 0 Å². The van der Waals surface area contributed by atoms with Crippen molar-refractivity contribution < 1.29 is 28.2 Å². The summed E-state index contributed by atoms with van der Waals surface area (Å²) < 4.78 is 23.2. The summed E-state index contributed by atoms with van der Waals surface area (Å²) in [5, 5.41) is 8.80. The summed E-state index contributed by atoms with van der Waals surface area (Å²) in [6.45, 7) is -0.409. The Morgan fingerprint density at radius 1 is 1.04 bits per heavy atom. The van der Waals surface area contributed by atoms with Gasteiger partial charge in [-0.25, -0.2) is 9.18 Å². The van der Waals surface area contributed by atoms with E-state index in [4.69, 9.17) is 14.7 Å². The number of hydrogen-bond donors (Lipinski definition) is 0. The number of halogens is 1. The van der Waals surface area contributed by atoms with Crippen LogP contribution in [0.25, 0.3) is 6.08 Å². The Morgan fingerprint density at radius 3 is 2.54 bits per heavy atom. The number of esters is 2. The number of carbonyl (C=O) groups excluding carboxylic acids is 3. The highest BCUT2D eigenvalue weighted by molar-refractivity contribution is 6.03. The zero-order chi connectivity index (χ0) is 20.4. The normalized spacial score (nSPS) is 10.3. The van der Waals surface area contributed by atoms with Crippen molar-refractivity contribution in [2.24, 2.45) is 0 Å². The second-order valence-electron chi connectivity index (χ2n) is 5.55. The standard InChI is InChI=1S/C21H16FNO5/c22-19-7-2-1-5-16(19)8-9-18(24)13-20(25)27-10-11-28-21(26)17-6-3-4-15(12-17)14-23/h1-9,12H,10-11,13H2. The molecule has 0 aliphatic carbocycles. The lowest BCUT2D eigenvalue weighted by Gasteiger charge is -2.06. The molecule has 2 aromatic carbocycles. The SMILES string of the molecule is N#Cc1cccc(C(=O)OCCOC(=O)CC(=O)C=Cc2ccccc2F)c1. The molecule has 0 fully saturated rings. The second kappa shape index (κ2) is 10.4. The quantitative estimate of drug-likeness (QED) is 0.302. The predicted molar refractivity (Wildman–Crippen MR) is 97.5 cm³/mol. The summed E-state index contributed by atoms with van der Waals surface area (Å²) in [4.78, 5) is 35.1. The van der Waals surface area contributed by atoms with Gasteiger partial charge < -0.3 is 9.47 Å². The minimum absolute atomic E-state index is 0.194. The third-order valence-electron chi connectivity index (χ3n) is 3.48. The Bertz CT molecular complexity index is 946. The summed E-state index contributed by atoms with van der Waals surface area (Å²) in [5.74, 6) is -2.46. The number of ketones is 1. The van der Waals surface area contributed by atoms with Crippen LogP contribution in [0.3, 0.4) is 0 Å². The van der Waals surface area contributed by atoms with Crippen LogP contribution in [0.2, 0.25) is 0 Å². The van der Waals surface area contributed by atoms with Crippen molar-refractivity contribution in [3.63, 3.8) is 0 Å². The minimum atomic E-state index is -0.786. The molecular formula is C21H16FNO5. The van der Waals surface area contributed by atoms with Crippen LogP contribution in [-0.4, -0.2) is 30.9 Å². The van der Waals surface area contributed by atoms with E-state index in [2.05, 4.69) is 0 Å². The molecule has 7 heteroatoms. The van der Waals surface area contributed by atoms with Crippen LogP contribution in [0.4, 0.5) is 4.39 Å². The van der Waals surface area contributed by atoms with Crippen molar-refractivity contribution in [3.8, 4) is 6.07 Å². The maximum absolute atomic E-state index is 13.4. The van der Waals surface area contributed by atoms with Gasteiger partial charge in [-0.2, -0.15) is 5.26 Å². The highest BCUT2D eigenvalue weighted by atomic mass is 19.1. The molecule has 0 saturated carbocycles. The first kappa shape index (κ1) is 20.5. The molecule has 0 unspecified atom stereocenters. The van der Waals surface area contributed by atoms with E-state index in [9.17, 15) is 18.8 Å². The summed E-state index contributed by atoms with van der Waals surface area (Å²) in [6, 6.07) is 13.8.